The minimum Gasteiger partial charge on any atom is -0.339 e. The van der Waals surface area contributed by atoms with Crippen molar-refractivity contribution in [2.24, 2.45) is 11.3 Å². The molecule has 1 aromatic carbocycles. The van der Waals surface area contributed by atoms with E-state index >= 15 is 0 Å². The lowest BCUT2D eigenvalue weighted by molar-refractivity contribution is -0.130. The summed E-state index contributed by atoms with van der Waals surface area (Å²) in [6.45, 7) is 6.70. The van der Waals surface area contributed by atoms with Crippen LogP contribution in [0.2, 0.25) is 0 Å². The number of nitrogens with one attached hydrogen (secondary N) is 1. The molecule has 0 radical (unpaired) electrons. The van der Waals surface area contributed by atoms with Crippen molar-refractivity contribution >= 4 is 25.6 Å². The topological polar surface area (TPSA) is 101 Å². The number of benzene rings is 1. The first-order valence-electron chi connectivity index (χ1n) is 10.9. The Bertz CT molecular complexity index is 1070. The molecule has 1 aromatic rings. The second-order valence-corrected chi connectivity index (χ2v) is 13.9. The minimum atomic E-state index is -3.62. The van der Waals surface area contributed by atoms with Crippen molar-refractivity contribution in [1.82, 2.24) is 10.2 Å². The first-order valence-corrected chi connectivity index (χ1v) is 14.4. The fourth-order valence-electron chi connectivity index (χ4n) is 4.79. The summed E-state index contributed by atoms with van der Waals surface area (Å²) >= 11 is 0. The van der Waals surface area contributed by atoms with Crippen molar-refractivity contribution in [2.75, 3.05) is 31.6 Å². The molecule has 180 valence electrons. The van der Waals surface area contributed by atoms with Crippen LogP contribution in [0, 0.1) is 11.3 Å². The summed E-state index contributed by atoms with van der Waals surface area (Å²) in [5.74, 6) is -0.333. The molecule has 1 heterocycles. The van der Waals surface area contributed by atoms with Gasteiger partial charge in [0.2, 0.25) is 5.91 Å². The Hall–Kier alpha value is -1.52. The van der Waals surface area contributed by atoms with Gasteiger partial charge in [0, 0.05) is 18.3 Å². The summed E-state index contributed by atoms with van der Waals surface area (Å²) in [5, 5.41) is 3.34. The predicted molar refractivity (Wildman–Crippen MR) is 121 cm³/mol. The van der Waals surface area contributed by atoms with E-state index in [4.69, 9.17) is 0 Å². The van der Waals surface area contributed by atoms with Crippen molar-refractivity contribution in [1.29, 1.82) is 0 Å². The number of rotatable bonds is 7. The first-order chi connectivity index (χ1) is 14.7. The van der Waals surface area contributed by atoms with Crippen molar-refractivity contribution in [3.8, 4) is 0 Å². The van der Waals surface area contributed by atoms with Crippen LogP contribution >= 0.6 is 0 Å². The fraction of sp³-hybridized carbons (Fsp3) is 0.682. The fourth-order valence-corrected chi connectivity index (χ4v) is 7.27. The zero-order chi connectivity index (χ0) is 23.9. The molecular weight excluding hydrogens is 455 g/mol. The van der Waals surface area contributed by atoms with E-state index in [0.717, 1.165) is 6.26 Å². The molecule has 2 aliphatic rings. The third kappa shape index (κ3) is 5.02. The van der Waals surface area contributed by atoms with Gasteiger partial charge in [0.25, 0.3) is 0 Å². The van der Waals surface area contributed by atoms with Crippen LogP contribution in [0.4, 0.5) is 4.39 Å². The summed E-state index contributed by atoms with van der Waals surface area (Å²) in [4.78, 5) is 14.2. The molecule has 1 saturated carbocycles. The number of nitrogens with zero attached hydrogens (tertiary/aromatic N) is 1. The van der Waals surface area contributed by atoms with Gasteiger partial charge in [0.05, 0.1) is 28.6 Å². The number of amides is 1. The average molecular weight is 489 g/mol. The van der Waals surface area contributed by atoms with Gasteiger partial charge in [-0.25, -0.2) is 21.2 Å². The Morgan fingerprint density at radius 1 is 1.09 bits per heavy atom. The van der Waals surface area contributed by atoms with Gasteiger partial charge in [0.1, 0.15) is 6.17 Å². The Labute approximate surface area is 190 Å². The van der Waals surface area contributed by atoms with Crippen molar-refractivity contribution < 1.29 is 26.0 Å². The highest BCUT2D eigenvalue weighted by Crippen LogP contribution is 2.50. The number of sulfone groups is 2. The average Bonchev–Trinajstić information content (AvgIpc) is 3.22. The maximum absolute atomic E-state index is 13.4. The monoisotopic (exact) mass is 488 g/mol. The van der Waals surface area contributed by atoms with E-state index in [9.17, 15) is 26.0 Å². The van der Waals surface area contributed by atoms with Gasteiger partial charge in [-0.3, -0.25) is 4.79 Å². The number of carbonyl (C=O) groups excluding carboxylic acids is 1. The quantitative estimate of drug-likeness (QED) is 0.632. The number of alkyl halides is 1. The van der Waals surface area contributed by atoms with Crippen LogP contribution in [0.25, 0.3) is 0 Å². The summed E-state index contributed by atoms with van der Waals surface area (Å²) in [7, 11) is -7.02. The van der Waals surface area contributed by atoms with Crippen molar-refractivity contribution in [3.05, 3.63) is 24.3 Å². The smallest absolute Gasteiger partial charge is 0.236 e. The minimum absolute atomic E-state index is 0.0565. The zero-order valence-corrected chi connectivity index (χ0v) is 20.7. The molecular formula is C22H33FN2O5S2. The molecule has 3 atom stereocenters. The van der Waals surface area contributed by atoms with Crippen molar-refractivity contribution in [3.63, 3.8) is 0 Å². The highest BCUT2D eigenvalue weighted by molar-refractivity contribution is 7.91. The molecule has 1 aliphatic heterocycles. The first kappa shape index (κ1) is 25.1. The molecule has 0 unspecified atom stereocenters. The largest absolute Gasteiger partial charge is 0.339 e. The maximum atomic E-state index is 13.4. The van der Waals surface area contributed by atoms with Gasteiger partial charge >= 0.3 is 0 Å². The van der Waals surface area contributed by atoms with Crippen LogP contribution in [0.5, 0.6) is 0 Å². The second-order valence-electron chi connectivity index (χ2n) is 9.89. The Morgan fingerprint density at radius 3 is 2.22 bits per heavy atom. The van der Waals surface area contributed by atoms with E-state index in [2.05, 4.69) is 5.32 Å². The Balaban J connectivity index is 1.68. The van der Waals surface area contributed by atoms with E-state index in [1.165, 1.54) is 29.2 Å². The van der Waals surface area contributed by atoms with Gasteiger partial charge < -0.3 is 10.2 Å². The summed E-state index contributed by atoms with van der Waals surface area (Å²) in [6, 6.07) is 5.33. The Morgan fingerprint density at radius 2 is 1.69 bits per heavy atom. The van der Waals surface area contributed by atoms with Crippen LogP contribution in [0.1, 0.15) is 40.0 Å². The summed E-state index contributed by atoms with van der Waals surface area (Å²) in [5.41, 5.74) is -0.863. The van der Waals surface area contributed by atoms with E-state index in [-0.39, 0.29) is 40.5 Å². The normalized spacial score (nSPS) is 28.2. The molecule has 0 bridgehead atoms. The molecule has 1 amide bonds. The van der Waals surface area contributed by atoms with Crippen molar-refractivity contribution in [2.45, 2.75) is 61.5 Å². The van der Waals surface area contributed by atoms with E-state index in [1.54, 1.807) is 0 Å². The second kappa shape index (κ2) is 8.68. The van der Waals surface area contributed by atoms with Crippen LogP contribution in [0.3, 0.4) is 0 Å². The molecule has 2 fully saturated rings. The number of halogens is 1. The van der Waals surface area contributed by atoms with Crippen LogP contribution < -0.4 is 5.32 Å². The van der Waals surface area contributed by atoms with Gasteiger partial charge in [-0.05, 0) is 61.8 Å². The molecule has 1 N–H and O–H groups in total. The molecule has 0 aromatic heterocycles. The van der Waals surface area contributed by atoms with Crippen LogP contribution in [0.15, 0.2) is 34.1 Å². The number of hydrogen-bond acceptors (Lipinski definition) is 6. The molecule has 3 rings (SSSR count). The molecule has 0 spiro atoms. The maximum Gasteiger partial charge on any atom is 0.236 e. The molecule has 7 nitrogen and oxygen atoms in total. The standard InChI is InChI=1S/C22H33FN2O5S2/c1-21(2)16(15-32(29,30)19-7-5-18(6-8-19)31(4,27)28)9-11-22(21,3)24-13-20(26)25-12-10-17(23)14-25/h5-8,16-17,24H,9-15H2,1-4H3/t16-,17+,22-/m0/s1. The number of likely N-dealkylation sites (tertiary alicyclic amines) is 1. The van der Waals surface area contributed by atoms with Gasteiger partial charge in [-0.2, -0.15) is 0 Å². The summed E-state index contributed by atoms with van der Waals surface area (Å²) in [6.07, 6.45) is 1.89. The lowest BCUT2D eigenvalue weighted by Gasteiger charge is -2.42. The van der Waals surface area contributed by atoms with Gasteiger partial charge in [-0.15, -0.1) is 0 Å². The third-order valence-corrected chi connectivity index (χ3v) is 10.5. The van der Waals surface area contributed by atoms with E-state index < -0.39 is 36.8 Å². The molecule has 10 heteroatoms. The zero-order valence-electron chi connectivity index (χ0n) is 19.1. The SMILES string of the molecule is CC1(C)[C@H](CS(=O)(=O)c2ccc(S(C)(=O)=O)cc2)CC[C@]1(C)NCC(=O)N1CC[C@@H](F)C1. The third-order valence-electron chi connectivity index (χ3n) is 7.58. The van der Waals surface area contributed by atoms with Gasteiger partial charge in [0.15, 0.2) is 19.7 Å². The lowest BCUT2D eigenvalue weighted by atomic mass is 9.72. The molecule has 1 saturated heterocycles. The predicted octanol–water partition coefficient (Wildman–Crippen LogP) is 2.22. The van der Waals surface area contributed by atoms with E-state index in [1.807, 2.05) is 20.8 Å². The molecule has 32 heavy (non-hydrogen) atoms. The number of hydrogen-bond donors (Lipinski definition) is 1. The van der Waals surface area contributed by atoms with Gasteiger partial charge in [-0.1, -0.05) is 13.8 Å². The lowest BCUT2D eigenvalue weighted by Crippen LogP contribution is -2.55. The van der Waals surface area contributed by atoms with E-state index in [0.29, 0.717) is 25.8 Å². The Kier molecular flexibility index (Phi) is 6.81. The van der Waals surface area contributed by atoms with Crippen LogP contribution in [-0.2, 0) is 24.5 Å². The molecule has 1 aliphatic carbocycles. The highest BCUT2D eigenvalue weighted by atomic mass is 32.2. The number of carbonyl (C=O) groups is 1. The highest BCUT2D eigenvalue weighted by Gasteiger charge is 2.52. The van der Waals surface area contributed by atoms with Crippen LogP contribution in [-0.4, -0.2) is 71.0 Å². The summed E-state index contributed by atoms with van der Waals surface area (Å²) < 4.78 is 62.8.